The van der Waals surface area contributed by atoms with Crippen LogP contribution in [0.3, 0.4) is 0 Å². The second kappa shape index (κ2) is 14.2. The Morgan fingerprint density at radius 1 is 0.773 bits per heavy atom. The Morgan fingerprint density at radius 3 is 1.68 bits per heavy atom. The highest BCUT2D eigenvalue weighted by Gasteiger charge is 1.93. The lowest BCUT2D eigenvalue weighted by molar-refractivity contribution is 0.146. The van der Waals surface area contributed by atoms with Gasteiger partial charge < -0.3 is 9.47 Å². The quantitative estimate of drug-likeness (QED) is 0.650. The van der Waals surface area contributed by atoms with Gasteiger partial charge in [-0.3, -0.25) is 0 Å². The number of ether oxygens (including phenoxy) is 2. The second-order valence-corrected chi connectivity index (χ2v) is 4.72. The van der Waals surface area contributed by atoms with Crippen molar-refractivity contribution in [2.45, 2.75) is 34.6 Å². The molecule has 2 aromatic carbocycles. The van der Waals surface area contributed by atoms with Gasteiger partial charge in [0.1, 0.15) is 12.4 Å². The van der Waals surface area contributed by atoms with E-state index in [0.717, 1.165) is 5.75 Å². The van der Waals surface area contributed by atoms with Crippen molar-refractivity contribution in [3.05, 3.63) is 66.2 Å². The predicted octanol–water partition coefficient (Wildman–Crippen LogP) is 5.79. The minimum Gasteiger partial charge on any atom is -0.491 e. The molecule has 0 atom stereocenters. The Labute approximate surface area is 137 Å². The van der Waals surface area contributed by atoms with Crippen LogP contribution in [0.4, 0.5) is 0 Å². The van der Waals surface area contributed by atoms with E-state index in [9.17, 15) is 0 Å². The molecule has 2 aromatic rings. The normalized spacial score (nSPS) is 8.91. The van der Waals surface area contributed by atoms with Gasteiger partial charge in [0, 0.05) is 7.11 Å². The fraction of sp³-hybridized carbons (Fsp3) is 0.400. The van der Waals surface area contributed by atoms with Gasteiger partial charge in [0.15, 0.2) is 0 Å². The molecule has 0 aliphatic carbocycles. The highest BCUT2D eigenvalue weighted by Crippen LogP contribution is 2.11. The monoisotopic (exact) mass is 304 g/mol. The van der Waals surface area contributed by atoms with E-state index < -0.39 is 0 Å². The third-order valence-electron chi connectivity index (χ3n) is 2.77. The van der Waals surface area contributed by atoms with Crippen LogP contribution in [0, 0.1) is 0 Å². The maximum Gasteiger partial charge on any atom is 0.119 e. The molecule has 0 aliphatic heterocycles. The topological polar surface area (TPSA) is 18.5 Å². The first-order chi connectivity index (χ1) is 9.74. The van der Waals surface area contributed by atoms with E-state index >= 15 is 0 Å². The molecule has 0 radical (unpaired) electrons. The lowest BCUT2D eigenvalue weighted by Gasteiger charge is -2.03. The van der Waals surface area contributed by atoms with E-state index in [4.69, 9.17) is 9.47 Å². The van der Waals surface area contributed by atoms with E-state index in [0.29, 0.717) is 19.1 Å². The molecule has 124 valence electrons. The van der Waals surface area contributed by atoms with Crippen LogP contribution in [-0.4, -0.2) is 20.3 Å². The summed E-state index contributed by atoms with van der Waals surface area (Å²) in [6, 6.07) is 20.2. The number of hydrogen-bond donors (Lipinski definition) is 0. The van der Waals surface area contributed by atoms with Crippen LogP contribution in [0.15, 0.2) is 60.7 Å². The summed E-state index contributed by atoms with van der Waals surface area (Å²) in [5, 5.41) is 0. The van der Waals surface area contributed by atoms with Gasteiger partial charge in [-0.25, -0.2) is 0 Å². The highest BCUT2D eigenvalue weighted by molar-refractivity contribution is 5.20. The van der Waals surface area contributed by atoms with Crippen LogP contribution in [0.1, 0.15) is 40.2 Å². The molecule has 0 N–H and O–H groups in total. The van der Waals surface area contributed by atoms with E-state index in [1.165, 1.54) is 5.56 Å². The third kappa shape index (κ3) is 10.0. The first kappa shape index (κ1) is 22.5. The molecule has 2 heteroatoms. The largest absolute Gasteiger partial charge is 0.491 e. The predicted molar refractivity (Wildman–Crippen MR) is 97.8 cm³/mol. The molecule has 0 heterocycles. The van der Waals surface area contributed by atoms with Crippen LogP contribution in [0.25, 0.3) is 0 Å². The van der Waals surface area contributed by atoms with Crippen molar-refractivity contribution in [2.24, 2.45) is 0 Å². The third-order valence-corrected chi connectivity index (χ3v) is 2.77. The molecule has 0 fully saturated rings. The van der Waals surface area contributed by atoms with Crippen molar-refractivity contribution < 1.29 is 9.47 Å². The van der Waals surface area contributed by atoms with Crippen molar-refractivity contribution in [2.75, 3.05) is 20.3 Å². The van der Waals surface area contributed by atoms with Gasteiger partial charge in [-0.1, -0.05) is 77.2 Å². The fourth-order valence-electron chi connectivity index (χ4n) is 1.60. The number of rotatable bonds is 5. The van der Waals surface area contributed by atoms with Gasteiger partial charge in [0.05, 0.1) is 6.61 Å². The van der Waals surface area contributed by atoms with Gasteiger partial charge in [-0.2, -0.15) is 0 Å². The van der Waals surface area contributed by atoms with Crippen molar-refractivity contribution in [1.82, 2.24) is 0 Å². The Hall–Kier alpha value is -1.80. The Kier molecular flexibility index (Phi) is 14.5. The maximum absolute atomic E-state index is 5.32. The Balaban J connectivity index is 0. The standard InChI is InChI=1S/C9H12O2.C9H12.2CH4/c1-10-7-8-11-9-5-3-2-4-6-9;1-8(2)9-6-4-3-5-7-9;;/h2-6H,7-8H2,1H3;3-8H,1-2H3;2*1H4. The van der Waals surface area contributed by atoms with Crippen molar-refractivity contribution in [3.63, 3.8) is 0 Å². The highest BCUT2D eigenvalue weighted by atomic mass is 16.5. The number of methoxy groups -OCH3 is 1. The average Bonchev–Trinajstić information content (AvgIpc) is 2.50. The van der Waals surface area contributed by atoms with Gasteiger partial charge in [0.2, 0.25) is 0 Å². The van der Waals surface area contributed by atoms with Crippen LogP contribution < -0.4 is 4.74 Å². The molecular weight excluding hydrogens is 272 g/mol. The molecule has 0 spiro atoms. The smallest absolute Gasteiger partial charge is 0.119 e. The maximum atomic E-state index is 5.32. The van der Waals surface area contributed by atoms with E-state index in [1.807, 2.05) is 36.4 Å². The van der Waals surface area contributed by atoms with Crippen molar-refractivity contribution >= 4 is 0 Å². The van der Waals surface area contributed by atoms with Gasteiger partial charge in [-0.05, 0) is 23.6 Å². The molecule has 2 rings (SSSR count). The lowest BCUT2D eigenvalue weighted by Crippen LogP contribution is -2.03. The Bertz CT molecular complexity index is 438. The summed E-state index contributed by atoms with van der Waals surface area (Å²) in [4.78, 5) is 0. The zero-order valence-corrected chi connectivity index (χ0v) is 12.6. The fourth-order valence-corrected chi connectivity index (χ4v) is 1.60. The summed E-state index contributed by atoms with van der Waals surface area (Å²) in [7, 11) is 1.66. The molecular formula is C20H32O2. The van der Waals surface area contributed by atoms with E-state index in [2.05, 4.69) is 38.1 Å². The molecule has 0 amide bonds. The van der Waals surface area contributed by atoms with Crippen LogP contribution in [0.2, 0.25) is 0 Å². The summed E-state index contributed by atoms with van der Waals surface area (Å²) < 4.78 is 10.2. The summed E-state index contributed by atoms with van der Waals surface area (Å²) in [6.45, 7) is 5.65. The molecule has 0 bridgehead atoms. The average molecular weight is 304 g/mol. The van der Waals surface area contributed by atoms with Crippen molar-refractivity contribution in [3.8, 4) is 5.75 Å². The van der Waals surface area contributed by atoms with Gasteiger partial charge >= 0.3 is 0 Å². The van der Waals surface area contributed by atoms with Crippen molar-refractivity contribution in [1.29, 1.82) is 0 Å². The molecule has 2 nitrogen and oxygen atoms in total. The first-order valence-corrected chi connectivity index (χ1v) is 6.95. The first-order valence-electron chi connectivity index (χ1n) is 6.95. The number of benzene rings is 2. The lowest BCUT2D eigenvalue weighted by atomic mass is 10.0. The zero-order chi connectivity index (χ0) is 14.6. The van der Waals surface area contributed by atoms with Gasteiger partial charge in [-0.15, -0.1) is 0 Å². The zero-order valence-electron chi connectivity index (χ0n) is 12.6. The molecule has 0 saturated carbocycles. The van der Waals surface area contributed by atoms with E-state index in [-0.39, 0.29) is 14.9 Å². The minimum atomic E-state index is 0. The SMILES string of the molecule is C.C.CC(C)c1ccccc1.COCCOc1ccccc1. The van der Waals surface area contributed by atoms with E-state index in [1.54, 1.807) is 7.11 Å². The number of hydrogen-bond acceptors (Lipinski definition) is 2. The molecule has 0 unspecified atom stereocenters. The molecule has 0 aliphatic rings. The molecule has 22 heavy (non-hydrogen) atoms. The van der Waals surface area contributed by atoms with Crippen LogP contribution in [0.5, 0.6) is 5.75 Å². The Morgan fingerprint density at radius 2 is 1.27 bits per heavy atom. The summed E-state index contributed by atoms with van der Waals surface area (Å²) in [5.41, 5.74) is 1.41. The second-order valence-electron chi connectivity index (χ2n) is 4.72. The molecule has 0 aromatic heterocycles. The summed E-state index contributed by atoms with van der Waals surface area (Å²) in [6.07, 6.45) is 0. The van der Waals surface area contributed by atoms with Gasteiger partial charge in [0.25, 0.3) is 0 Å². The molecule has 0 saturated heterocycles. The summed E-state index contributed by atoms with van der Waals surface area (Å²) >= 11 is 0. The van der Waals surface area contributed by atoms with Crippen LogP contribution in [-0.2, 0) is 4.74 Å². The minimum absolute atomic E-state index is 0. The number of para-hydroxylation sites is 1. The van der Waals surface area contributed by atoms with Crippen LogP contribution >= 0.6 is 0 Å². The summed E-state index contributed by atoms with van der Waals surface area (Å²) in [5.74, 6) is 1.55.